The number of rotatable bonds is 3. The van der Waals surface area contributed by atoms with E-state index in [-0.39, 0.29) is 11.9 Å². The molecule has 0 radical (unpaired) electrons. The lowest BCUT2D eigenvalue weighted by molar-refractivity contribution is -0.135. The number of hydrogen-bond donors (Lipinski definition) is 1. The molecule has 2 rings (SSSR count). The van der Waals surface area contributed by atoms with E-state index in [0.717, 1.165) is 12.6 Å². The summed E-state index contributed by atoms with van der Waals surface area (Å²) in [5.74, 6) is -1.17. The molecule has 0 spiro atoms. The van der Waals surface area contributed by atoms with Gasteiger partial charge in [0.25, 0.3) is 0 Å². The van der Waals surface area contributed by atoms with Crippen LogP contribution >= 0.6 is 0 Å². The quantitative estimate of drug-likeness (QED) is 0.892. The van der Waals surface area contributed by atoms with E-state index in [9.17, 15) is 13.6 Å². The third-order valence-electron chi connectivity index (χ3n) is 3.47. The summed E-state index contributed by atoms with van der Waals surface area (Å²) in [5, 5.41) is 3.17. The molecule has 20 heavy (non-hydrogen) atoms. The predicted molar refractivity (Wildman–Crippen MR) is 72.1 cm³/mol. The Labute approximate surface area is 117 Å². The first kappa shape index (κ1) is 14.9. The van der Waals surface area contributed by atoms with Gasteiger partial charge in [0, 0.05) is 51.9 Å². The zero-order valence-corrected chi connectivity index (χ0v) is 11.7. The zero-order chi connectivity index (χ0) is 14.7. The summed E-state index contributed by atoms with van der Waals surface area (Å²) < 4.78 is 26.6. The molecule has 1 unspecified atom stereocenters. The second-order valence-electron chi connectivity index (χ2n) is 5.16. The zero-order valence-electron chi connectivity index (χ0n) is 11.7. The molecule has 1 aromatic carbocycles. The van der Waals surface area contributed by atoms with Gasteiger partial charge >= 0.3 is 0 Å². The Bertz CT molecular complexity index is 493. The molecule has 1 aliphatic rings. The van der Waals surface area contributed by atoms with Crippen LogP contribution in [0.3, 0.4) is 0 Å². The van der Waals surface area contributed by atoms with E-state index >= 15 is 0 Å². The summed E-state index contributed by atoms with van der Waals surface area (Å²) in [5.41, 5.74) is 0.407. The Morgan fingerprint density at radius 2 is 2.20 bits per heavy atom. The monoisotopic (exact) mass is 283 g/mol. The summed E-state index contributed by atoms with van der Waals surface area (Å²) in [4.78, 5) is 15.6. The second-order valence-corrected chi connectivity index (χ2v) is 5.16. The predicted octanol–water partition coefficient (Wildman–Crippen LogP) is 0.827. The lowest BCUT2D eigenvalue weighted by Crippen LogP contribution is -2.57. The molecule has 1 saturated heterocycles. The highest BCUT2D eigenvalue weighted by Crippen LogP contribution is 2.15. The topological polar surface area (TPSA) is 35.6 Å². The maximum absolute atomic E-state index is 13.7. The molecular formula is C14H19F2N3O. The van der Waals surface area contributed by atoms with Crippen molar-refractivity contribution in [3.8, 4) is 0 Å². The van der Waals surface area contributed by atoms with E-state index in [1.807, 2.05) is 4.90 Å². The van der Waals surface area contributed by atoms with Crippen LogP contribution in [0, 0.1) is 11.6 Å². The summed E-state index contributed by atoms with van der Waals surface area (Å²) in [6, 6.07) is 3.23. The number of amides is 1. The minimum atomic E-state index is -0.590. The smallest absolute Gasteiger partial charge is 0.240 e. The first-order valence-corrected chi connectivity index (χ1v) is 6.59. The van der Waals surface area contributed by atoms with E-state index < -0.39 is 11.6 Å². The average molecular weight is 283 g/mol. The number of carbonyl (C=O) groups excluding carboxylic acids is 1. The van der Waals surface area contributed by atoms with Gasteiger partial charge in [-0.25, -0.2) is 8.78 Å². The van der Waals surface area contributed by atoms with Crippen LogP contribution in [-0.2, 0) is 11.3 Å². The van der Waals surface area contributed by atoms with Crippen molar-refractivity contribution in [2.75, 3.05) is 33.7 Å². The number of likely N-dealkylation sites (N-methyl/N-ethyl adjacent to an activating group) is 1. The number of carbonyl (C=O) groups is 1. The van der Waals surface area contributed by atoms with Crippen LogP contribution < -0.4 is 5.32 Å². The van der Waals surface area contributed by atoms with Gasteiger partial charge in [-0.3, -0.25) is 9.69 Å². The maximum Gasteiger partial charge on any atom is 0.240 e. The molecule has 1 heterocycles. The standard InChI is InChI=1S/C14H19F2N3O/c1-18(2)14(20)13-8-17-5-6-19(13)9-10-3-4-11(15)7-12(10)16/h3-4,7,13,17H,5-6,8-9H2,1-2H3. The highest BCUT2D eigenvalue weighted by Gasteiger charge is 2.30. The number of nitrogens with one attached hydrogen (secondary N) is 1. The highest BCUT2D eigenvalue weighted by molar-refractivity contribution is 5.81. The molecule has 0 bridgehead atoms. The van der Waals surface area contributed by atoms with Crippen LogP contribution in [0.1, 0.15) is 5.56 Å². The summed E-state index contributed by atoms with van der Waals surface area (Å²) in [6.07, 6.45) is 0. The van der Waals surface area contributed by atoms with Gasteiger partial charge in [-0.05, 0) is 6.07 Å². The van der Waals surface area contributed by atoms with Gasteiger partial charge in [-0.2, -0.15) is 0 Å². The number of benzene rings is 1. The van der Waals surface area contributed by atoms with Crippen molar-refractivity contribution >= 4 is 5.91 Å². The van der Waals surface area contributed by atoms with Crippen molar-refractivity contribution in [2.24, 2.45) is 0 Å². The molecule has 1 atom stereocenters. The van der Waals surface area contributed by atoms with E-state index in [4.69, 9.17) is 0 Å². The summed E-state index contributed by atoms with van der Waals surface area (Å²) in [7, 11) is 3.40. The van der Waals surface area contributed by atoms with Crippen molar-refractivity contribution in [1.82, 2.24) is 15.1 Å². The molecule has 1 amide bonds. The van der Waals surface area contributed by atoms with Gasteiger partial charge in [-0.1, -0.05) is 6.07 Å². The number of nitrogens with zero attached hydrogens (tertiary/aromatic N) is 2. The number of hydrogen-bond acceptors (Lipinski definition) is 3. The van der Waals surface area contributed by atoms with Crippen LogP contribution in [0.4, 0.5) is 8.78 Å². The average Bonchev–Trinajstić information content (AvgIpc) is 2.41. The lowest BCUT2D eigenvalue weighted by Gasteiger charge is -2.36. The molecular weight excluding hydrogens is 264 g/mol. The van der Waals surface area contributed by atoms with Crippen molar-refractivity contribution < 1.29 is 13.6 Å². The van der Waals surface area contributed by atoms with E-state index in [2.05, 4.69) is 5.32 Å². The summed E-state index contributed by atoms with van der Waals surface area (Å²) in [6.45, 7) is 2.25. The third-order valence-corrected chi connectivity index (χ3v) is 3.47. The summed E-state index contributed by atoms with van der Waals surface area (Å²) >= 11 is 0. The Hall–Kier alpha value is -1.53. The molecule has 6 heteroatoms. The van der Waals surface area contributed by atoms with Gasteiger partial charge in [-0.15, -0.1) is 0 Å². The first-order valence-electron chi connectivity index (χ1n) is 6.59. The molecule has 110 valence electrons. The highest BCUT2D eigenvalue weighted by atomic mass is 19.1. The molecule has 0 aliphatic carbocycles. The second kappa shape index (κ2) is 6.28. The minimum Gasteiger partial charge on any atom is -0.347 e. The number of piperazine rings is 1. The number of halogens is 2. The lowest BCUT2D eigenvalue weighted by atomic mass is 10.1. The normalized spacial score (nSPS) is 19.9. The van der Waals surface area contributed by atoms with Crippen molar-refractivity contribution in [3.63, 3.8) is 0 Å². The van der Waals surface area contributed by atoms with Gasteiger partial charge in [0.15, 0.2) is 0 Å². The van der Waals surface area contributed by atoms with Gasteiger partial charge in [0.2, 0.25) is 5.91 Å². The van der Waals surface area contributed by atoms with Crippen LogP contribution in [0.25, 0.3) is 0 Å². The Balaban J connectivity index is 2.14. The third kappa shape index (κ3) is 3.32. The van der Waals surface area contributed by atoms with Crippen LogP contribution in [-0.4, -0.2) is 55.5 Å². The fourth-order valence-electron chi connectivity index (χ4n) is 2.35. The SMILES string of the molecule is CN(C)C(=O)C1CNCCN1Cc1ccc(F)cc1F. The Morgan fingerprint density at radius 1 is 1.45 bits per heavy atom. The molecule has 0 saturated carbocycles. The van der Waals surface area contributed by atoms with Crippen LogP contribution in [0.2, 0.25) is 0 Å². The Morgan fingerprint density at radius 3 is 2.85 bits per heavy atom. The molecule has 1 N–H and O–H groups in total. The maximum atomic E-state index is 13.7. The van der Waals surface area contributed by atoms with Gasteiger partial charge in [0.1, 0.15) is 17.7 Å². The van der Waals surface area contributed by atoms with Crippen LogP contribution in [0.15, 0.2) is 18.2 Å². The largest absolute Gasteiger partial charge is 0.347 e. The molecule has 1 aromatic rings. The molecule has 0 aromatic heterocycles. The molecule has 1 fully saturated rings. The van der Waals surface area contributed by atoms with Gasteiger partial charge in [0.05, 0.1) is 0 Å². The first-order chi connectivity index (χ1) is 9.49. The molecule has 4 nitrogen and oxygen atoms in total. The minimum absolute atomic E-state index is 0.0141. The fraction of sp³-hybridized carbons (Fsp3) is 0.500. The van der Waals surface area contributed by atoms with Gasteiger partial charge < -0.3 is 10.2 Å². The molecule has 1 aliphatic heterocycles. The van der Waals surface area contributed by atoms with E-state index in [0.29, 0.717) is 25.2 Å². The fourth-order valence-corrected chi connectivity index (χ4v) is 2.35. The van der Waals surface area contributed by atoms with Crippen molar-refractivity contribution in [1.29, 1.82) is 0 Å². The van der Waals surface area contributed by atoms with Crippen molar-refractivity contribution in [3.05, 3.63) is 35.4 Å². The van der Waals surface area contributed by atoms with E-state index in [1.54, 1.807) is 14.1 Å². The Kier molecular flexibility index (Phi) is 4.67. The van der Waals surface area contributed by atoms with Crippen LogP contribution in [0.5, 0.6) is 0 Å². The van der Waals surface area contributed by atoms with E-state index in [1.165, 1.54) is 17.0 Å². The van der Waals surface area contributed by atoms with Crippen molar-refractivity contribution in [2.45, 2.75) is 12.6 Å².